The molecule has 0 fully saturated rings. The van der Waals surface area contributed by atoms with Crippen molar-refractivity contribution in [3.8, 4) is 11.8 Å². The lowest BCUT2D eigenvalue weighted by Crippen LogP contribution is -2.29. The van der Waals surface area contributed by atoms with Crippen LogP contribution < -0.4 is 15.4 Å². The maximum absolute atomic E-state index is 8.68. The molecule has 2 aromatic carbocycles. The van der Waals surface area contributed by atoms with Crippen LogP contribution in [0.15, 0.2) is 48.5 Å². The summed E-state index contributed by atoms with van der Waals surface area (Å²) in [5, 5.41) is 15.7. The SMILES string of the molecule is CC(C)Oc1ccc(CCCNC(=S)Nc2ccc(CC#N)cc2)cc1. The molecular formula is C21H25N3OS. The van der Waals surface area contributed by atoms with Crippen molar-refractivity contribution in [2.24, 2.45) is 0 Å². The molecule has 0 aromatic heterocycles. The van der Waals surface area contributed by atoms with Crippen LogP contribution in [-0.2, 0) is 12.8 Å². The third kappa shape index (κ3) is 7.12. The van der Waals surface area contributed by atoms with E-state index in [0.717, 1.165) is 36.4 Å². The van der Waals surface area contributed by atoms with Gasteiger partial charge in [-0.15, -0.1) is 0 Å². The second-order valence-corrected chi connectivity index (χ2v) is 6.74. The van der Waals surface area contributed by atoms with Gasteiger partial charge in [0.1, 0.15) is 5.75 Å². The first-order chi connectivity index (χ1) is 12.6. The molecule has 0 bridgehead atoms. The van der Waals surface area contributed by atoms with E-state index in [9.17, 15) is 0 Å². The molecule has 0 aliphatic carbocycles. The van der Waals surface area contributed by atoms with Gasteiger partial charge in [0.05, 0.1) is 18.6 Å². The summed E-state index contributed by atoms with van der Waals surface area (Å²) < 4.78 is 5.65. The van der Waals surface area contributed by atoms with Crippen LogP contribution in [0.4, 0.5) is 5.69 Å². The molecule has 0 amide bonds. The molecule has 2 rings (SSSR count). The lowest BCUT2D eigenvalue weighted by molar-refractivity contribution is 0.242. The number of nitriles is 1. The van der Waals surface area contributed by atoms with Crippen LogP contribution in [0.3, 0.4) is 0 Å². The summed E-state index contributed by atoms with van der Waals surface area (Å²) in [5.41, 5.74) is 3.21. The molecule has 0 heterocycles. The third-order valence-electron chi connectivity index (χ3n) is 3.72. The molecule has 0 atom stereocenters. The highest BCUT2D eigenvalue weighted by Crippen LogP contribution is 2.14. The van der Waals surface area contributed by atoms with Gasteiger partial charge < -0.3 is 15.4 Å². The van der Waals surface area contributed by atoms with Crippen molar-refractivity contribution in [2.45, 2.75) is 39.2 Å². The van der Waals surface area contributed by atoms with Crippen molar-refractivity contribution in [2.75, 3.05) is 11.9 Å². The van der Waals surface area contributed by atoms with Gasteiger partial charge in [-0.25, -0.2) is 0 Å². The average molecular weight is 368 g/mol. The van der Waals surface area contributed by atoms with Gasteiger partial charge in [0.2, 0.25) is 0 Å². The number of hydrogen-bond acceptors (Lipinski definition) is 3. The number of ether oxygens (including phenoxy) is 1. The second kappa shape index (κ2) is 10.4. The maximum Gasteiger partial charge on any atom is 0.170 e. The largest absolute Gasteiger partial charge is 0.491 e. The van der Waals surface area contributed by atoms with E-state index in [4.69, 9.17) is 22.2 Å². The molecular weight excluding hydrogens is 342 g/mol. The van der Waals surface area contributed by atoms with Gasteiger partial charge in [-0.3, -0.25) is 0 Å². The summed E-state index contributed by atoms with van der Waals surface area (Å²) in [5.74, 6) is 0.910. The molecule has 0 spiro atoms. The predicted octanol–water partition coefficient (Wildman–Crippen LogP) is 4.46. The molecule has 4 nitrogen and oxygen atoms in total. The van der Waals surface area contributed by atoms with Crippen LogP contribution in [0.2, 0.25) is 0 Å². The third-order valence-corrected chi connectivity index (χ3v) is 3.96. The van der Waals surface area contributed by atoms with Crippen molar-refractivity contribution in [3.05, 3.63) is 59.7 Å². The summed E-state index contributed by atoms with van der Waals surface area (Å²) >= 11 is 5.32. The molecule has 136 valence electrons. The quantitative estimate of drug-likeness (QED) is 0.533. The Hall–Kier alpha value is -2.58. The Bertz CT molecular complexity index is 733. The highest BCUT2D eigenvalue weighted by Gasteiger charge is 2.00. The van der Waals surface area contributed by atoms with Crippen LogP contribution in [0, 0.1) is 11.3 Å². The summed E-state index contributed by atoms with van der Waals surface area (Å²) in [6.07, 6.45) is 2.60. The molecule has 0 unspecified atom stereocenters. The predicted molar refractivity (Wildman–Crippen MR) is 111 cm³/mol. The standard InChI is InChI=1S/C21H25N3OS/c1-16(2)25-20-11-7-17(8-12-20)4-3-15-23-21(26)24-19-9-5-18(6-10-19)13-14-22/h5-12,16H,3-4,13,15H2,1-2H3,(H2,23,24,26). The van der Waals surface area contributed by atoms with Crippen molar-refractivity contribution >= 4 is 23.0 Å². The zero-order valence-electron chi connectivity index (χ0n) is 15.3. The van der Waals surface area contributed by atoms with Gasteiger partial charge in [0, 0.05) is 12.2 Å². The van der Waals surface area contributed by atoms with Crippen molar-refractivity contribution in [1.82, 2.24) is 5.32 Å². The first-order valence-corrected chi connectivity index (χ1v) is 9.24. The highest BCUT2D eigenvalue weighted by molar-refractivity contribution is 7.80. The minimum absolute atomic E-state index is 0.195. The Morgan fingerprint density at radius 3 is 2.35 bits per heavy atom. The molecule has 0 aliphatic heterocycles. The van der Waals surface area contributed by atoms with E-state index in [-0.39, 0.29) is 6.10 Å². The molecule has 0 radical (unpaired) electrons. The number of thiocarbonyl (C=S) groups is 1. The molecule has 0 saturated heterocycles. The molecule has 2 N–H and O–H groups in total. The lowest BCUT2D eigenvalue weighted by Gasteiger charge is -2.11. The number of benzene rings is 2. The fourth-order valence-corrected chi connectivity index (χ4v) is 2.69. The van der Waals surface area contributed by atoms with Crippen molar-refractivity contribution < 1.29 is 4.74 Å². The number of rotatable bonds is 8. The topological polar surface area (TPSA) is 57.1 Å². The van der Waals surface area contributed by atoms with E-state index in [1.54, 1.807) is 0 Å². The van der Waals surface area contributed by atoms with Gasteiger partial charge in [0.25, 0.3) is 0 Å². The minimum Gasteiger partial charge on any atom is -0.491 e. The van der Waals surface area contributed by atoms with Crippen LogP contribution in [0.25, 0.3) is 0 Å². The van der Waals surface area contributed by atoms with Crippen LogP contribution in [-0.4, -0.2) is 17.8 Å². The molecule has 26 heavy (non-hydrogen) atoms. The van der Waals surface area contributed by atoms with Crippen molar-refractivity contribution in [1.29, 1.82) is 5.26 Å². The summed E-state index contributed by atoms with van der Waals surface area (Å²) in [6.45, 7) is 4.86. The Balaban J connectivity index is 1.67. The molecule has 0 aliphatic rings. The van der Waals surface area contributed by atoms with Gasteiger partial charge in [-0.05, 0) is 74.3 Å². The molecule has 0 saturated carbocycles. The number of aryl methyl sites for hydroxylation is 1. The van der Waals surface area contributed by atoms with Gasteiger partial charge >= 0.3 is 0 Å². The smallest absolute Gasteiger partial charge is 0.170 e. The Labute approximate surface area is 161 Å². The van der Waals surface area contributed by atoms with Crippen LogP contribution in [0.1, 0.15) is 31.4 Å². The minimum atomic E-state index is 0.195. The molecule has 2 aromatic rings. The zero-order chi connectivity index (χ0) is 18.8. The van der Waals surface area contributed by atoms with E-state index in [2.05, 4.69) is 28.8 Å². The van der Waals surface area contributed by atoms with Crippen molar-refractivity contribution in [3.63, 3.8) is 0 Å². The number of nitrogens with zero attached hydrogens (tertiary/aromatic N) is 1. The second-order valence-electron chi connectivity index (χ2n) is 6.33. The maximum atomic E-state index is 8.68. The number of nitrogens with one attached hydrogen (secondary N) is 2. The molecule has 5 heteroatoms. The van der Waals surface area contributed by atoms with E-state index in [1.807, 2.05) is 50.2 Å². The fraction of sp³-hybridized carbons (Fsp3) is 0.333. The lowest BCUT2D eigenvalue weighted by atomic mass is 10.1. The highest BCUT2D eigenvalue weighted by atomic mass is 32.1. The summed E-state index contributed by atoms with van der Waals surface area (Å²) in [4.78, 5) is 0. The van der Waals surface area contributed by atoms with E-state index in [0.29, 0.717) is 11.5 Å². The fourth-order valence-electron chi connectivity index (χ4n) is 2.47. The van der Waals surface area contributed by atoms with Crippen LogP contribution >= 0.6 is 12.2 Å². The monoisotopic (exact) mass is 367 g/mol. The Morgan fingerprint density at radius 2 is 1.73 bits per heavy atom. The summed E-state index contributed by atoms with van der Waals surface area (Å²) in [6, 6.07) is 18.1. The van der Waals surface area contributed by atoms with E-state index >= 15 is 0 Å². The van der Waals surface area contributed by atoms with Gasteiger partial charge in [-0.1, -0.05) is 24.3 Å². The normalized spacial score (nSPS) is 10.2. The van der Waals surface area contributed by atoms with E-state index in [1.165, 1.54) is 5.56 Å². The van der Waals surface area contributed by atoms with E-state index < -0.39 is 0 Å². The average Bonchev–Trinajstić information content (AvgIpc) is 2.61. The van der Waals surface area contributed by atoms with Gasteiger partial charge in [-0.2, -0.15) is 5.26 Å². The van der Waals surface area contributed by atoms with Crippen LogP contribution in [0.5, 0.6) is 5.75 Å². The Kier molecular flexibility index (Phi) is 7.91. The number of hydrogen-bond donors (Lipinski definition) is 2. The zero-order valence-corrected chi connectivity index (χ0v) is 16.1. The Morgan fingerprint density at radius 1 is 1.08 bits per heavy atom. The van der Waals surface area contributed by atoms with Gasteiger partial charge in [0.15, 0.2) is 5.11 Å². The first-order valence-electron chi connectivity index (χ1n) is 8.83. The summed E-state index contributed by atoms with van der Waals surface area (Å²) in [7, 11) is 0. The number of anilines is 1. The first kappa shape index (κ1) is 19.7.